The van der Waals surface area contributed by atoms with Crippen LogP contribution in [0.25, 0.3) is 0 Å². The molecule has 118 valence electrons. The van der Waals surface area contributed by atoms with Gasteiger partial charge in [0.2, 0.25) is 5.76 Å². The van der Waals surface area contributed by atoms with Gasteiger partial charge in [-0.1, -0.05) is 17.3 Å². The van der Waals surface area contributed by atoms with Crippen LogP contribution in [0.2, 0.25) is 0 Å². The number of nitrogens with zero attached hydrogens (tertiary/aromatic N) is 2. The van der Waals surface area contributed by atoms with E-state index in [0.29, 0.717) is 12.2 Å². The van der Waals surface area contributed by atoms with Crippen molar-refractivity contribution >= 4 is 5.91 Å². The SMILES string of the molecule is COc1cccc(C(CNC(=O)c2cc(C)no2)N(C)C)c1. The maximum absolute atomic E-state index is 12.1. The van der Waals surface area contributed by atoms with E-state index < -0.39 is 0 Å². The zero-order valence-electron chi connectivity index (χ0n) is 13.3. The second kappa shape index (κ2) is 7.09. The molecule has 0 spiro atoms. The van der Waals surface area contributed by atoms with Crippen LogP contribution in [-0.2, 0) is 0 Å². The van der Waals surface area contributed by atoms with Crippen LogP contribution in [-0.4, -0.2) is 43.7 Å². The molecule has 0 aliphatic carbocycles. The van der Waals surface area contributed by atoms with Gasteiger partial charge in [0.15, 0.2) is 0 Å². The monoisotopic (exact) mass is 303 g/mol. The molecule has 6 nitrogen and oxygen atoms in total. The molecular formula is C16H21N3O3. The van der Waals surface area contributed by atoms with Crippen molar-refractivity contribution in [1.29, 1.82) is 0 Å². The van der Waals surface area contributed by atoms with Crippen LogP contribution in [0.3, 0.4) is 0 Å². The zero-order chi connectivity index (χ0) is 16.1. The van der Waals surface area contributed by atoms with Gasteiger partial charge in [0, 0.05) is 12.6 Å². The third-order valence-electron chi connectivity index (χ3n) is 3.41. The Hall–Kier alpha value is -2.34. The average molecular weight is 303 g/mol. The molecule has 1 aromatic heterocycles. The first-order chi connectivity index (χ1) is 10.5. The fourth-order valence-corrected chi connectivity index (χ4v) is 2.19. The number of hydrogen-bond acceptors (Lipinski definition) is 5. The summed E-state index contributed by atoms with van der Waals surface area (Å²) in [5.41, 5.74) is 1.75. The lowest BCUT2D eigenvalue weighted by atomic mass is 10.1. The van der Waals surface area contributed by atoms with Gasteiger partial charge in [-0.25, -0.2) is 0 Å². The quantitative estimate of drug-likeness (QED) is 0.884. The van der Waals surface area contributed by atoms with Crippen LogP contribution in [0, 0.1) is 6.92 Å². The fraction of sp³-hybridized carbons (Fsp3) is 0.375. The van der Waals surface area contributed by atoms with E-state index in [1.807, 2.05) is 43.3 Å². The van der Waals surface area contributed by atoms with Crippen molar-refractivity contribution in [3.8, 4) is 5.75 Å². The average Bonchev–Trinajstić information content (AvgIpc) is 2.94. The van der Waals surface area contributed by atoms with Gasteiger partial charge in [-0.2, -0.15) is 0 Å². The first-order valence-corrected chi connectivity index (χ1v) is 7.03. The smallest absolute Gasteiger partial charge is 0.289 e. The Labute approximate surface area is 130 Å². The first kappa shape index (κ1) is 16.0. The standard InChI is InChI=1S/C16H21N3O3/c1-11-8-15(22-18-11)16(20)17-10-14(19(2)3)12-6-5-7-13(9-12)21-4/h5-9,14H,10H2,1-4H3,(H,17,20). The van der Waals surface area contributed by atoms with E-state index in [1.54, 1.807) is 20.1 Å². The highest BCUT2D eigenvalue weighted by Gasteiger charge is 2.18. The summed E-state index contributed by atoms with van der Waals surface area (Å²) in [6, 6.07) is 9.46. The van der Waals surface area contributed by atoms with Crippen molar-refractivity contribution in [2.75, 3.05) is 27.7 Å². The highest BCUT2D eigenvalue weighted by Crippen LogP contribution is 2.22. The lowest BCUT2D eigenvalue weighted by Gasteiger charge is -2.25. The highest BCUT2D eigenvalue weighted by molar-refractivity contribution is 5.91. The van der Waals surface area contributed by atoms with E-state index in [4.69, 9.17) is 9.26 Å². The predicted octanol–water partition coefficient (Wildman–Crippen LogP) is 2.02. The topological polar surface area (TPSA) is 67.6 Å². The molecule has 2 rings (SSSR count). The Morgan fingerprint density at radius 3 is 2.77 bits per heavy atom. The van der Waals surface area contributed by atoms with Gasteiger partial charge in [0.25, 0.3) is 5.91 Å². The molecule has 0 saturated heterocycles. The molecule has 1 heterocycles. The largest absolute Gasteiger partial charge is 0.497 e. The first-order valence-electron chi connectivity index (χ1n) is 7.03. The van der Waals surface area contributed by atoms with Crippen LogP contribution in [0.15, 0.2) is 34.9 Å². The lowest BCUT2D eigenvalue weighted by Crippen LogP contribution is -2.34. The number of hydrogen-bond donors (Lipinski definition) is 1. The number of aryl methyl sites for hydroxylation is 1. The number of carbonyl (C=O) groups excluding carboxylic acids is 1. The predicted molar refractivity (Wildman–Crippen MR) is 83.0 cm³/mol. The van der Waals surface area contributed by atoms with Gasteiger partial charge < -0.3 is 19.5 Å². The van der Waals surface area contributed by atoms with Crippen LogP contribution in [0.5, 0.6) is 5.75 Å². The molecule has 0 radical (unpaired) electrons. The highest BCUT2D eigenvalue weighted by atomic mass is 16.5. The number of benzene rings is 1. The van der Waals surface area contributed by atoms with Crippen LogP contribution in [0.1, 0.15) is 27.9 Å². The summed E-state index contributed by atoms with van der Waals surface area (Å²) in [5, 5.41) is 6.59. The number of methoxy groups -OCH3 is 1. The molecule has 1 aromatic carbocycles. The minimum atomic E-state index is -0.268. The summed E-state index contributed by atoms with van der Waals surface area (Å²) in [4.78, 5) is 14.1. The number of ether oxygens (including phenoxy) is 1. The number of rotatable bonds is 6. The third-order valence-corrected chi connectivity index (χ3v) is 3.41. The Kier molecular flexibility index (Phi) is 5.16. The maximum Gasteiger partial charge on any atom is 0.289 e. The molecule has 0 fully saturated rings. The van der Waals surface area contributed by atoms with E-state index in [2.05, 4.69) is 10.5 Å². The van der Waals surface area contributed by atoms with E-state index in [9.17, 15) is 4.79 Å². The molecule has 6 heteroatoms. The molecule has 0 aliphatic rings. The Balaban J connectivity index is 2.07. The number of aromatic nitrogens is 1. The van der Waals surface area contributed by atoms with E-state index in [1.165, 1.54) is 0 Å². The molecule has 1 N–H and O–H groups in total. The van der Waals surface area contributed by atoms with E-state index in [-0.39, 0.29) is 17.7 Å². The molecule has 1 unspecified atom stereocenters. The van der Waals surface area contributed by atoms with E-state index >= 15 is 0 Å². The van der Waals surface area contributed by atoms with E-state index in [0.717, 1.165) is 11.3 Å². The van der Waals surface area contributed by atoms with Gasteiger partial charge in [0.05, 0.1) is 18.8 Å². The number of nitrogens with one attached hydrogen (secondary N) is 1. The van der Waals surface area contributed by atoms with Crippen LogP contribution < -0.4 is 10.1 Å². The molecule has 0 saturated carbocycles. The Morgan fingerprint density at radius 1 is 1.41 bits per heavy atom. The molecule has 0 bridgehead atoms. The second-order valence-corrected chi connectivity index (χ2v) is 5.30. The summed E-state index contributed by atoms with van der Waals surface area (Å²) in [6.45, 7) is 2.23. The summed E-state index contributed by atoms with van der Waals surface area (Å²) >= 11 is 0. The summed E-state index contributed by atoms with van der Waals surface area (Å²) in [5.74, 6) is 0.748. The number of likely N-dealkylation sites (N-methyl/N-ethyl adjacent to an activating group) is 1. The molecule has 0 aliphatic heterocycles. The van der Waals surface area contributed by atoms with Gasteiger partial charge >= 0.3 is 0 Å². The van der Waals surface area contributed by atoms with Crippen LogP contribution in [0.4, 0.5) is 0 Å². The van der Waals surface area contributed by atoms with Crippen molar-refractivity contribution < 1.29 is 14.1 Å². The minimum Gasteiger partial charge on any atom is -0.497 e. The van der Waals surface area contributed by atoms with Crippen molar-refractivity contribution in [1.82, 2.24) is 15.4 Å². The molecular weight excluding hydrogens is 282 g/mol. The maximum atomic E-state index is 12.1. The number of carbonyl (C=O) groups is 1. The second-order valence-electron chi connectivity index (χ2n) is 5.30. The van der Waals surface area contributed by atoms with Crippen molar-refractivity contribution in [3.05, 3.63) is 47.3 Å². The Morgan fingerprint density at radius 2 is 2.18 bits per heavy atom. The number of amides is 1. The van der Waals surface area contributed by atoms with Crippen molar-refractivity contribution in [2.24, 2.45) is 0 Å². The summed E-state index contributed by atoms with van der Waals surface area (Å²) in [6.07, 6.45) is 0. The van der Waals surface area contributed by atoms with Gasteiger partial charge in [-0.15, -0.1) is 0 Å². The Bertz CT molecular complexity index is 637. The van der Waals surface area contributed by atoms with Crippen molar-refractivity contribution in [2.45, 2.75) is 13.0 Å². The molecule has 1 amide bonds. The summed E-state index contributed by atoms with van der Waals surface area (Å²) < 4.78 is 10.2. The zero-order valence-corrected chi connectivity index (χ0v) is 13.3. The molecule has 22 heavy (non-hydrogen) atoms. The lowest BCUT2D eigenvalue weighted by molar-refractivity contribution is 0.0905. The molecule has 1 atom stereocenters. The third kappa shape index (κ3) is 3.85. The van der Waals surface area contributed by atoms with Gasteiger partial charge in [0.1, 0.15) is 5.75 Å². The van der Waals surface area contributed by atoms with Crippen LogP contribution >= 0.6 is 0 Å². The van der Waals surface area contributed by atoms with Gasteiger partial charge in [-0.3, -0.25) is 4.79 Å². The summed E-state index contributed by atoms with van der Waals surface area (Å²) in [7, 11) is 5.57. The fourth-order valence-electron chi connectivity index (χ4n) is 2.19. The molecule has 2 aromatic rings. The van der Waals surface area contributed by atoms with Crippen molar-refractivity contribution in [3.63, 3.8) is 0 Å². The normalized spacial score (nSPS) is 12.2. The van der Waals surface area contributed by atoms with Gasteiger partial charge in [-0.05, 0) is 38.7 Å². The minimum absolute atomic E-state index is 0.0306.